The zero-order valence-electron chi connectivity index (χ0n) is 18.3. The second-order valence-corrected chi connectivity index (χ2v) is 8.05. The fraction of sp³-hybridized carbons (Fsp3) is 0.0690. The van der Waals surface area contributed by atoms with Crippen LogP contribution < -0.4 is 4.74 Å². The molecule has 0 radical (unpaired) electrons. The number of allylic oxidation sites excluding steroid dienone is 3. The van der Waals surface area contributed by atoms with Gasteiger partial charge in [0.05, 0.1) is 0 Å². The summed E-state index contributed by atoms with van der Waals surface area (Å²) in [6, 6.07) is 25.9. The summed E-state index contributed by atoms with van der Waals surface area (Å²) in [5, 5.41) is 0. The summed E-state index contributed by atoms with van der Waals surface area (Å²) in [6.07, 6.45) is 6.55. The molecule has 3 aromatic rings. The minimum Gasteiger partial charge on any atom is -0.423 e. The first-order valence-electron chi connectivity index (χ1n) is 11.0. The highest BCUT2D eigenvalue weighted by molar-refractivity contribution is 6.14. The number of hydrogen-bond acceptors (Lipinski definition) is 4. The van der Waals surface area contributed by atoms with Gasteiger partial charge >= 0.3 is 5.97 Å². The first-order chi connectivity index (χ1) is 16.6. The molecule has 0 aromatic heterocycles. The topological polar surface area (TPSA) is 63.7 Å². The number of ether oxygens (including phenoxy) is 1. The lowest BCUT2D eigenvalue weighted by molar-refractivity contribution is -0.134. The van der Waals surface area contributed by atoms with Crippen molar-refractivity contribution in [2.45, 2.75) is 12.8 Å². The molecule has 5 rings (SSSR count). The van der Waals surface area contributed by atoms with Gasteiger partial charge in [-0.3, -0.25) is 9.59 Å². The molecule has 2 amide bonds. The number of nitrogens with zero attached hydrogens (tertiary/aromatic N) is 1. The zero-order chi connectivity index (χ0) is 23.5. The highest BCUT2D eigenvalue weighted by atomic mass is 16.5. The molecule has 0 saturated carbocycles. The summed E-state index contributed by atoms with van der Waals surface area (Å²) in [5.74, 6) is -0.692. The Kier molecular flexibility index (Phi) is 5.75. The molecule has 1 aliphatic heterocycles. The molecule has 3 aromatic carbocycles. The number of hydrogen-bond donors (Lipinski definition) is 0. The Balaban J connectivity index is 1.24. The fourth-order valence-corrected chi connectivity index (χ4v) is 4.04. The maximum atomic E-state index is 12.6. The molecule has 5 nitrogen and oxygen atoms in total. The van der Waals surface area contributed by atoms with Crippen LogP contribution in [-0.2, 0) is 14.4 Å². The quantitative estimate of drug-likeness (QED) is 0.296. The second kappa shape index (κ2) is 9.16. The van der Waals surface area contributed by atoms with E-state index in [0.717, 1.165) is 21.6 Å². The van der Waals surface area contributed by atoms with Crippen LogP contribution in [0.2, 0.25) is 0 Å². The molecule has 1 heterocycles. The van der Waals surface area contributed by atoms with Gasteiger partial charge in [0.2, 0.25) is 0 Å². The molecule has 0 saturated heterocycles. The van der Waals surface area contributed by atoms with Gasteiger partial charge in [0.25, 0.3) is 11.8 Å². The van der Waals surface area contributed by atoms with Crippen LogP contribution in [0.4, 0.5) is 0 Å². The third-order valence-electron chi connectivity index (χ3n) is 5.88. The van der Waals surface area contributed by atoms with Crippen molar-refractivity contribution < 1.29 is 19.1 Å². The number of carbonyl (C=O) groups excluding carboxylic acids is 3. The largest absolute Gasteiger partial charge is 0.423 e. The van der Waals surface area contributed by atoms with E-state index < -0.39 is 5.97 Å². The van der Waals surface area contributed by atoms with E-state index in [1.54, 1.807) is 24.3 Å². The molecule has 5 heteroatoms. The van der Waals surface area contributed by atoms with Crippen LogP contribution in [0.3, 0.4) is 0 Å². The average Bonchev–Trinajstić information content (AvgIpc) is 3.23. The van der Waals surface area contributed by atoms with Crippen LogP contribution in [-0.4, -0.2) is 22.7 Å². The molecule has 2 aliphatic rings. The first kappa shape index (κ1) is 21.3. The number of rotatable bonds is 5. The third kappa shape index (κ3) is 4.36. The lowest BCUT2D eigenvalue weighted by atomic mass is 10.0. The van der Waals surface area contributed by atoms with Gasteiger partial charge in [0, 0.05) is 23.4 Å². The minimum absolute atomic E-state index is 0.356. The molecule has 0 fully saturated rings. The molecular weight excluding hydrogens is 426 g/mol. The fourth-order valence-electron chi connectivity index (χ4n) is 4.04. The second-order valence-electron chi connectivity index (χ2n) is 8.05. The van der Waals surface area contributed by atoms with Crippen molar-refractivity contribution in [1.82, 2.24) is 4.90 Å². The van der Waals surface area contributed by atoms with E-state index in [0.29, 0.717) is 29.9 Å². The van der Waals surface area contributed by atoms with Gasteiger partial charge < -0.3 is 4.74 Å². The van der Waals surface area contributed by atoms with Crippen molar-refractivity contribution in [2.24, 2.45) is 0 Å². The standard InChI is InChI=1S/C29H21NO4/c31-27-18-19-28(32)30(27)25-14-10-24(11-15-25)29(33)34-26-16-12-23(13-17-26)22-8-6-21(7-9-22)20-4-2-1-3-5-20/h1-10,12-14,16-19H,11,15H2. The smallest absolute Gasteiger partial charge is 0.339 e. The predicted molar refractivity (Wildman–Crippen MR) is 129 cm³/mol. The number of benzene rings is 3. The van der Waals surface area contributed by atoms with Gasteiger partial charge in [-0.1, -0.05) is 72.8 Å². The zero-order valence-corrected chi connectivity index (χ0v) is 18.3. The molecule has 0 spiro atoms. The summed E-state index contributed by atoms with van der Waals surface area (Å²) >= 11 is 0. The molecule has 0 unspecified atom stereocenters. The Morgan fingerprint density at radius 1 is 0.647 bits per heavy atom. The Morgan fingerprint density at radius 3 is 1.71 bits per heavy atom. The number of amides is 2. The SMILES string of the molecule is O=C(Oc1ccc(-c2ccc(-c3ccccc3)cc2)cc1)C1=CC=C(N2C(=O)C=CC2=O)CC1. The lowest BCUT2D eigenvalue weighted by Gasteiger charge is -2.21. The summed E-state index contributed by atoms with van der Waals surface area (Å²) in [5.41, 5.74) is 5.51. The first-order valence-corrected chi connectivity index (χ1v) is 11.0. The summed E-state index contributed by atoms with van der Waals surface area (Å²) < 4.78 is 5.53. The van der Waals surface area contributed by atoms with Crippen LogP contribution >= 0.6 is 0 Å². The van der Waals surface area contributed by atoms with Crippen molar-refractivity contribution in [3.05, 3.63) is 114 Å². The summed E-state index contributed by atoms with van der Waals surface area (Å²) in [4.78, 5) is 37.3. The molecule has 0 atom stereocenters. The molecule has 1 aliphatic carbocycles. The van der Waals surface area contributed by atoms with Crippen molar-refractivity contribution >= 4 is 17.8 Å². The average molecular weight is 447 g/mol. The molecule has 34 heavy (non-hydrogen) atoms. The van der Waals surface area contributed by atoms with E-state index in [1.807, 2.05) is 30.3 Å². The van der Waals surface area contributed by atoms with E-state index in [9.17, 15) is 14.4 Å². The Hall–Kier alpha value is -4.51. The predicted octanol–water partition coefficient (Wildman–Crippen LogP) is 5.46. The van der Waals surface area contributed by atoms with Crippen LogP contribution in [0, 0.1) is 0 Å². The van der Waals surface area contributed by atoms with E-state index >= 15 is 0 Å². The van der Waals surface area contributed by atoms with E-state index in [1.165, 1.54) is 17.7 Å². The lowest BCUT2D eigenvalue weighted by Crippen LogP contribution is -2.30. The number of carbonyl (C=O) groups is 3. The van der Waals surface area contributed by atoms with Crippen LogP contribution in [0.25, 0.3) is 22.3 Å². The van der Waals surface area contributed by atoms with Crippen LogP contribution in [0.5, 0.6) is 5.75 Å². The van der Waals surface area contributed by atoms with E-state index in [2.05, 4.69) is 36.4 Å². The molecular formula is C29H21NO4. The molecule has 0 bridgehead atoms. The van der Waals surface area contributed by atoms with Crippen molar-refractivity contribution in [3.63, 3.8) is 0 Å². The highest BCUT2D eigenvalue weighted by Crippen LogP contribution is 2.28. The molecule has 0 N–H and O–H groups in total. The Bertz CT molecular complexity index is 1330. The molecule has 166 valence electrons. The van der Waals surface area contributed by atoms with Gasteiger partial charge in [0.1, 0.15) is 5.75 Å². The van der Waals surface area contributed by atoms with Gasteiger partial charge in [-0.15, -0.1) is 0 Å². The highest BCUT2D eigenvalue weighted by Gasteiger charge is 2.28. The Morgan fingerprint density at radius 2 is 1.18 bits per heavy atom. The van der Waals surface area contributed by atoms with Gasteiger partial charge in [-0.2, -0.15) is 0 Å². The van der Waals surface area contributed by atoms with Crippen molar-refractivity contribution in [2.75, 3.05) is 0 Å². The number of esters is 1. The maximum absolute atomic E-state index is 12.6. The van der Waals surface area contributed by atoms with Crippen molar-refractivity contribution in [1.29, 1.82) is 0 Å². The summed E-state index contributed by atoms with van der Waals surface area (Å²) in [6.45, 7) is 0. The number of imide groups is 1. The summed E-state index contributed by atoms with van der Waals surface area (Å²) in [7, 11) is 0. The maximum Gasteiger partial charge on any atom is 0.339 e. The third-order valence-corrected chi connectivity index (χ3v) is 5.88. The van der Waals surface area contributed by atoms with E-state index in [4.69, 9.17) is 4.74 Å². The van der Waals surface area contributed by atoms with Gasteiger partial charge in [-0.05, 0) is 53.3 Å². The van der Waals surface area contributed by atoms with E-state index in [-0.39, 0.29) is 11.8 Å². The minimum atomic E-state index is -0.438. The Labute approximate surface area is 197 Å². The van der Waals surface area contributed by atoms with Gasteiger partial charge in [-0.25, -0.2) is 9.69 Å². The van der Waals surface area contributed by atoms with Gasteiger partial charge in [0.15, 0.2) is 0 Å². The van der Waals surface area contributed by atoms with Crippen LogP contribution in [0.15, 0.2) is 114 Å². The monoisotopic (exact) mass is 447 g/mol. The normalized spacial score (nSPS) is 15.2. The van der Waals surface area contributed by atoms with Crippen LogP contribution in [0.1, 0.15) is 12.8 Å². The van der Waals surface area contributed by atoms with Crippen molar-refractivity contribution in [3.8, 4) is 28.0 Å².